The van der Waals surface area contributed by atoms with Crippen LogP contribution in [0.5, 0.6) is 0 Å². The highest BCUT2D eigenvalue weighted by Gasteiger charge is 2.25. The van der Waals surface area contributed by atoms with Crippen molar-refractivity contribution in [3.8, 4) is 0 Å². The number of nitrogens with zero attached hydrogens (tertiary/aromatic N) is 1. The monoisotopic (exact) mass is 253 g/mol. The van der Waals surface area contributed by atoms with Gasteiger partial charge in [-0.25, -0.2) is 0 Å². The van der Waals surface area contributed by atoms with Crippen LogP contribution in [0.4, 0.5) is 5.69 Å². The predicted octanol–water partition coefficient (Wildman–Crippen LogP) is 3.60. The molecule has 1 heterocycles. The van der Waals surface area contributed by atoms with E-state index in [0.717, 1.165) is 5.92 Å². The number of benzene rings is 1. The van der Waals surface area contributed by atoms with Gasteiger partial charge >= 0.3 is 0 Å². The first-order valence-electron chi connectivity index (χ1n) is 5.21. The van der Waals surface area contributed by atoms with Gasteiger partial charge < -0.3 is 4.90 Å². The van der Waals surface area contributed by atoms with Crippen molar-refractivity contribution in [2.24, 2.45) is 5.92 Å². The van der Waals surface area contributed by atoms with E-state index in [1.807, 2.05) is 0 Å². The zero-order valence-electron chi connectivity index (χ0n) is 8.76. The molecule has 2 heteroatoms. The van der Waals surface area contributed by atoms with Gasteiger partial charge in [-0.3, -0.25) is 0 Å². The van der Waals surface area contributed by atoms with E-state index in [1.54, 1.807) is 0 Å². The Morgan fingerprint density at radius 1 is 1.43 bits per heavy atom. The molecule has 1 aromatic rings. The SMILES string of the molecule is CCC1CN(c2cc(Br)ccc2C)C1. The second kappa shape index (κ2) is 3.93. The Hall–Kier alpha value is -0.500. The molecule has 0 atom stereocenters. The summed E-state index contributed by atoms with van der Waals surface area (Å²) in [6.07, 6.45) is 1.31. The summed E-state index contributed by atoms with van der Waals surface area (Å²) in [4.78, 5) is 2.47. The van der Waals surface area contributed by atoms with Crippen molar-refractivity contribution in [1.82, 2.24) is 0 Å². The van der Waals surface area contributed by atoms with Gasteiger partial charge in [0.1, 0.15) is 0 Å². The largest absolute Gasteiger partial charge is 0.371 e. The van der Waals surface area contributed by atoms with Crippen LogP contribution in [-0.2, 0) is 0 Å². The second-order valence-electron chi connectivity index (χ2n) is 4.11. The van der Waals surface area contributed by atoms with E-state index in [4.69, 9.17) is 0 Å². The van der Waals surface area contributed by atoms with Crippen LogP contribution in [0.15, 0.2) is 22.7 Å². The van der Waals surface area contributed by atoms with Crippen LogP contribution in [0.3, 0.4) is 0 Å². The van der Waals surface area contributed by atoms with Gasteiger partial charge in [0.15, 0.2) is 0 Å². The number of anilines is 1. The van der Waals surface area contributed by atoms with E-state index in [-0.39, 0.29) is 0 Å². The highest BCUT2D eigenvalue weighted by molar-refractivity contribution is 9.10. The smallest absolute Gasteiger partial charge is 0.0407 e. The Labute approximate surface area is 94.2 Å². The first-order chi connectivity index (χ1) is 6.70. The molecule has 0 amide bonds. The summed E-state index contributed by atoms with van der Waals surface area (Å²) >= 11 is 3.52. The molecule has 76 valence electrons. The molecule has 1 saturated heterocycles. The van der Waals surface area contributed by atoms with E-state index in [2.05, 4.69) is 52.9 Å². The molecule has 1 aromatic carbocycles. The maximum atomic E-state index is 3.52. The Morgan fingerprint density at radius 3 is 2.79 bits per heavy atom. The Morgan fingerprint density at radius 2 is 2.14 bits per heavy atom. The van der Waals surface area contributed by atoms with Gasteiger partial charge in [-0.1, -0.05) is 28.9 Å². The summed E-state index contributed by atoms with van der Waals surface area (Å²) < 4.78 is 1.18. The molecule has 1 aliphatic heterocycles. The third-order valence-electron chi connectivity index (χ3n) is 3.05. The summed E-state index contributed by atoms with van der Waals surface area (Å²) in [5.41, 5.74) is 2.77. The van der Waals surface area contributed by atoms with E-state index in [0.29, 0.717) is 0 Å². The lowest BCUT2D eigenvalue weighted by atomic mass is 9.96. The fourth-order valence-corrected chi connectivity index (χ4v) is 2.30. The van der Waals surface area contributed by atoms with Crippen LogP contribution < -0.4 is 4.90 Å². The van der Waals surface area contributed by atoms with Gasteiger partial charge in [0.2, 0.25) is 0 Å². The van der Waals surface area contributed by atoms with Crippen LogP contribution in [0.1, 0.15) is 18.9 Å². The highest BCUT2D eigenvalue weighted by Crippen LogP contribution is 2.31. The molecule has 0 bridgehead atoms. The third-order valence-corrected chi connectivity index (χ3v) is 3.54. The lowest BCUT2D eigenvalue weighted by Gasteiger charge is -2.41. The lowest BCUT2D eigenvalue weighted by Crippen LogP contribution is -2.46. The molecule has 1 aliphatic rings. The average molecular weight is 254 g/mol. The summed E-state index contributed by atoms with van der Waals surface area (Å²) in [5.74, 6) is 0.911. The van der Waals surface area contributed by atoms with Crippen LogP contribution in [0, 0.1) is 12.8 Å². The van der Waals surface area contributed by atoms with E-state index >= 15 is 0 Å². The van der Waals surface area contributed by atoms with Crippen LogP contribution >= 0.6 is 15.9 Å². The minimum atomic E-state index is 0.911. The number of hydrogen-bond acceptors (Lipinski definition) is 1. The molecule has 0 radical (unpaired) electrons. The van der Waals surface area contributed by atoms with Crippen molar-refractivity contribution < 1.29 is 0 Å². The average Bonchev–Trinajstić information content (AvgIpc) is 2.09. The van der Waals surface area contributed by atoms with E-state index < -0.39 is 0 Å². The number of hydrogen-bond donors (Lipinski definition) is 0. The van der Waals surface area contributed by atoms with Crippen LogP contribution in [0.2, 0.25) is 0 Å². The minimum absolute atomic E-state index is 0.911. The summed E-state index contributed by atoms with van der Waals surface area (Å²) in [5, 5.41) is 0. The summed E-state index contributed by atoms with van der Waals surface area (Å²) in [7, 11) is 0. The van der Waals surface area contributed by atoms with Crippen molar-refractivity contribution in [3.05, 3.63) is 28.2 Å². The zero-order valence-corrected chi connectivity index (χ0v) is 10.3. The van der Waals surface area contributed by atoms with Gasteiger partial charge in [0, 0.05) is 23.2 Å². The first kappa shape index (κ1) is 10.0. The normalized spacial score (nSPS) is 16.9. The number of halogens is 1. The standard InChI is InChI=1S/C12H16BrN/c1-3-10-7-14(8-10)12-6-11(13)5-4-9(12)2/h4-6,10H,3,7-8H2,1-2H3. The van der Waals surface area contributed by atoms with E-state index in [1.165, 1.54) is 35.2 Å². The quantitative estimate of drug-likeness (QED) is 0.779. The predicted molar refractivity (Wildman–Crippen MR) is 64.9 cm³/mol. The molecule has 0 unspecified atom stereocenters. The lowest BCUT2D eigenvalue weighted by molar-refractivity contribution is 0.398. The van der Waals surface area contributed by atoms with Gasteiger partial charge in [-0.2, -0.15) is 0 Å². The van der Waals surface area contributed by atoms with Gasteiger partial charge in [-0.15, -0.1) is 0 Å². The topological polar surface area (TPSA) is 3.24 Å². The second-order valence-corrected chi connectivity index (χ2v) is 5.03. The van der Waals surface area contributed by atoms with Crippen molar-refractivity contribution in [2.75, 3.05) is 18.0 Å². The number of aryl methyl sites for hydroxylation is 1. The molecule has 0 aromatic heterocycles. The van der Waals surface area contributed by atoms with Crippen LogP contribution in [-0.4, -0.2) is 13.1 Å². The van der Waals surface area contributed by atoms with Crippen molar-refractivity contribution in [1.29, 1.82) is 0 Å². The Kier molecular flexibility index (Phi) is 2.82. The van der Waals surface area contributed by atoms with Crippen molar-refractivity contribution in [2.45, 2.75) is 20.3 Å². The molecule has 0 aliphatic carbocycles. The van der Waals surface area contributed by atoms with Gasteiger partial charge in [-0.05, 0) is 37.0 Å². The molecule has 0 N–H and O–H groups in total. The third kappa shape index (κ3) is 1.81. The molecule has 0 spiro atoms. The Balaban J connectivity index is 2.13. The molecular weight excluding hydrogens is 238 g/mol. The first-order valence-corrected chi connectivity index (χ1v) is 6.01. The maximum Gasteiger partial charge on any atom is 0.0407 e. The molecule has 0 saturated carbocycles. The molecule has 1 nitrogen and oxygen atoms in total. The van der Waals surface area contributed by atoms with E-state index in [9.17, 15) is 0 Å². The summed E-state index contributed by atoms with van der Waals surface area (Å²) in [6.45, 7) is 6.92. The molecule has 1 fully saturated rings. The van der Waals surface area contributed by atoms with Crippen LogP contribution in [0.25, 0.3) is 0 Å². The van der Waals surface area contributed by atoms with Crippen molar-refractivity contribution >= 4 is 21.6 Å². The number of rotatable bonds is 2. The fraction of sp³-hybridized carbons (Fsp3) is 0.500. The zero-order chi connectivity index (χ0) is 10.1. The molecule has 14 heavy (non-hydrogen) atoms. The fourth-order valence-electron chi connectivity index (χ4n) is 1.95. The maximum absolute atomic E-state index is 3.52. The van der Waals surface area contributed by atoms with Gasteiger partial charge in [0.25, 0.3) is 0 Å². The molecule has 2 rings (SSSR count). The van der Waals surface area contributed by atoms with Crippen molar-refractivity contribution in [3.63, 3.8) is 0 Å². The Bertz CT molecular complexity index is 329. The highest BCUT2D eigenvalue weighted by atomic mass is 79.9. The minimum Gasteiger partial charge on any atom is -0.371 e. The van der Waals surface area contributed by atoms with Gasteiger partial charge in [0.05, 0.1) is 0 Å². The summed E-state index contributed by atoms with van der Waals surface area (Å²) in [6, 6.07) is 6.51. The molecular formula is C12H16BrN.